The molecular formula is C32H36F4N2O6. The van der Waals surface area contributed by atoms with Gasteiger partial charge < -0.3 is 25.0 Å². The molecule has 1 amide bonds. The van der Waals surface area contributed by atoms with Gasteiger partial charge in [0.05, 0.1) is 30.1 Å². The van der Waals surface area contributed by atoms with E-state index in [1.54, 1.807) is 13.8 Å². The highest BCUT2D eigenvalue weighted by Gasteiger charge is 2.56. The number of hydrogen-bond acceptors (Lipinski definition) is 7. The Morgan fingerprint density at radius 2 is 1.73 bits per heavy atom. The zero-order valence-electron chi connectivity index (χ0n) is 25.3. The molecule has 12 heteroatoms. The van der Waals surface area contributed by atoms with Gasteiger partial charge in [0, 0.05) is 24.5 Å². The van der Waals surface area contributed by atoms with Crippen molar-refractivity contribution in [2.24, 2.45) is 0 Å². The predicted molar refractivity (Wildman–Crippen MR) is 155 cm³/mol. The highest BCUT2D eigenvalue weighted by molar-refractivity contribution is 5.96. The fourth-order valence-corrected chi connectivity index (χ4v) is 4.59. The third-order valence-corrected chi connectivity index (χ3v) is 7.06. The molecule has 3 aromatic rings. The first kappa shape index (κ1) is 34.5. The van der Waals surface area contributed by atoms with Crippen LogP contribution in [0, 0.1) is 12.7 Å². The van der Waals surface area contributed by atoms with Gasteiger partial charge in [-0.2, -0.15) is 13.2 Å². The minimum absolute atomic E-state index is 0.00514. The molecule has 0 saturated carbocycles. The van der Waals surface area contributed by atoms with E-state index in [9.17, 15) is 37.4 Å². The van der Waals surface area contributed by atoms with Gasteiger partial charge in [0.2, 0.25) is 11.5 Å². The van der Waals surface area contributed by atoms with Crippen LogP contribution in [0.25, 0.3) is 11.3 Å². The number of pyridine rings is 1. The molecule has 0 saturated heterocycles. The number of carbonyl (C=O) groups excluding carboxylic acids is 2. The van der Waals surface area contributed by atoms with E-state index in [0.717, 1.165) is 12.1 Å². The largest absolute Gasteiger partial charge is 0.493 e. The fourth-order valence-electron chi connectivity index (χ4n) is 4.59. The summed E-state index contributed by atoms with van der Waals surface area (Å²) < 4.78 is 68.7. The minimum atomic E-state index is -5.26. The van der Waals surface area contributed by atoms with Gasteiger partial charge in [-0.15, -0.1) is 0 Å². The Hall–Kier alpha value is -4.03. The number of methoxy groups -OCH3 is 1. The number of hydrogen-bond donors (Lipinski definition) is 3. The lowest BCUT2D eigenvalue weighted by Crippen LogP contribution is -2.44. The average Bonchev–Trinajstić information content (AvgIpc) is 2.94. The van der Waals surface area contributed by atoms with Crippen LogP contribution < -0.4 is 14.8 Å². The summed E-state index contributed by atoms with van der Waals surface area (Å²) in [5.41, 5.74) is -4.81. The molecule has 1 heterocycles. The molecule has 0 spiro atoms. The summed E-state index contributed by atoms with van der Waals surface area (Å²) >= 11 is 0. The average molecular weight is 621 g/mol. The number of carbonyl (C=O) groups is 2. The standard InChI is InChI=1S/C32H36F4N2O6/c1-18-13-21(7-9-24(18)33)25-15-23(30(4,5)38-20(3)40)16-29(37-25)31(42,32(34,35)36)12-11-26(41)22-8-10-27(28(14-22)43-6)44-17-19(2)39/h7-10,13-16,19,39,42H,11-12,17H2,1-6H3,(H,38,40)/t19-,31?/m1/s1. The van der Waals surface area contributed by atoms with Crippen LogP contribution in [-0.4, -0.2) is 52.9 Å². The highest BCUT2D eigenvalue weighted by atomic mass is 19.4. The summed E-state index contributed by atoms with van der Waals surface area (Å²) in [5, 5.41) is 23.4. The Labute approximate surface area is 253 Å². The van der Waals surface area contributed by atoms with Crippen molar-refractivity contribution in [3.63, 3.8) is 0 Å². The van der Waals surface area contributed by atoms with Gasteiger partial charge in [-0.3, -0.25) is 9.59 Å². The number of alkyl halides is 3. The number of Topliss-reactive ketones (excluding diaryl/α,β-unsaturated/α-hetero) is 1. The molecular weight excluding hydrogens is 584 g/mol. The van der Waals surface area contributed by atoms with Crippen LogP contribution >= 0.6 is 0 Å². The molecule has 0 aliphatic heterocycles. The summed E-state index contributed by atoms with van der Waals surface area (Å²) in [4.78, 5) is 29.1. The van der Waals surface area contributed by atoms with Gasteiger partial charge >= 0.3 is 6.18 Å². The van der Waals surface area contributed by atoms with Gasteiger partial charge in [-0.05, 0) is 93.8 Å². The number of ether oxygens (including phenoxy) is 2. The predicted octanol–water partition coefficient (Wildman–Crippen LogP) is 5.75. The molecule has 0 aliphatic rings. The van der Waals surface area contributed by atoms with Crippen LogP contribution in [-0.2, 0) is 15.9 Å². The Balaban J connectivity index is 2.06. The molecule has 2 atom stereocenters. The lowest BCUT2D eigenvalue weighted by molar-refractivity contribution is -0.270. The fraction of sp³-hybridized carbons (Fsp3) is 0.406. The summed E-state index contributed by atoms with van der Waals surface area (Å²) in [6, 6.07) is 10.5. The maximum absolute atomic E-state index is 14.7. The Morgan fingerprint density at radius 1 is 1.05 bits per heavy atom. The van der Waals surface area contributed by atoms with Gasteiger partial charge in [-0.1, -0.05) is 0 Å². The second-order valence-electron chi connectivity index (χ2n) is 11.2. The number of benzene rings is 2. The van der Waals surface area contributed by atoms with E-state index < -0.39 is 59.5 Å². The van der Waals surface area contributed by atoms with Gasteiger partial charge in [-0.25, -0.2) is 9.37 Å². The van der Waals surface area contributed by atoms with Crippen LogP contribution in [0.5, 0.6) is 11.5 Å². The van der Waals surface area contributed by atoms with Gasteiger partial charge in [0.15, 0.2) is 17.3 Å². The van der Waals surface area contributed by atoms with E-state index in [1.807, 2.05) is 0 Å². The smallest absolute Gasteiger partial charge is 0.422 e. The molecule has 3 rings (SSSR count). The van der Waals surface area contributed by atoms with Crippen LogP contribution in [0.1, 0.15) is 67.7 Å². The molecule has 1 aromatic heterocycles. The van der Waals surface area contributed by atoms with Crippen LogP contribution in [0.2, 0.25) is 0 Å². The van der Waals surface area contributed by atoms with Crippen molar-refractivity contribution < 1.29 is 46.8 Å². The number of nitrogens with zero attached hydrogens (tertiary/aromatic N) is 1. The molecule has 2 aromatic carbocycles. The maximum atomic E-state index is 14.7. The number of rotatable bonds is 12. The molecule has 0 radical (unpaired) electrons. The van der Waals surface area contributed by atoms with Crippen molar-refractivity contribution in [2.45, 2.75) is 70.9 Å². The second-order valence-corrected chi connectivity index (χ2v) is 11.2. The second kappa shape index (κ2) is 13.3. The molecule has 0 bridgehead atoms. The van der Waals surface area contributed by atoms with Crippen LogP contribution in [0.4, 0.5) is 17.6 Å². The van der Waals surface area contributed by atoms with Crippen molar-refractivity contribution in [1.29, 1.82) is 0 Å². The Bertz CT molecular complexity index is 1520. The number of aliphatic hydroxyl groups is 2. The van der Waals surface area contributed by atoms with Crippen molar-refractivity contribution in [3.05, 3.63) is 76.7 Å². The van der Waals surface area contributed by atoms with Crippen molar-refractivity contribution in [3.8, 4) is 22.8 Å². The SMILES string of the molecule is COc1cc(C(=O)CCC(O)(c2cc(C(C)(C)NC(C)=O)cc(-c3ccc(F)c(C)c3)n2)C(F)(F)F)ccc1OC[C@@H](C)O. The summed E-state index contributed by atoms with van der Waals surface area (Å²) in [7, 11) is 1.32. The first-order chi connectivity index (χ1) is 20.4. The third-order valence-electron chi connectivity index (χ3n) is 7.06. The molecule has 1 unspecified atom stereocenters. The lowest BCUT2D eigenvalue weighted by Gasteiger charge is -2.33. The first-order valence-corrected chi connectivity index (χ1v) is 13.8. The van der Waals surface area contributed by atoms with Crippen LogP contribution in [0.15, 0.2) is 48.5 Å². The number of halogens is 4. The number of aromatic nitrogens is 1. The highest BCUT2D eigenvalue weighted by Crippen LogP contribution is 2.44. The molecule has 238 valence electrons. The minimum Gasteiger partial charge on any atom is -0.493 e. The normalized spacial score (nSPS) is 14.0. The van der Waals surface area contributed by atoms with Crippen molar-refractivity contribution in [1.82, 2.24) is 10.3 Å². The molecule has 0 fully saturated rings. The monoisotopic (exact) mass is 620 g/mol. The Kier molecular flexibility index (Phi) is 10.4. The number of aryl methyl sites for hydroxylation is 1. The van der Waals surface area contributed by atoms with Crippen molar-refractivity contribution >= 4 is 11.7 Å². The van der Waals surface area contributed by atoms with Crippen LogP contribution in [0.3, 0.4) is 0 Å². The molecule has 0 aliphatic carbocycles. The van der Waals surface area contributed by atoms with E-state index in [2.05, 4.69) is 10.3 Å². The van der Waals surface area contributed by atoms with Gasteiger partial charge in [0.1, 0.15) is 12.4 Å². The van der Waals surface area contributed by atoms with E-state index in [1.165, 1.54) is 64.3 Å². The quantitative estimate of drug-likeness (QED) is 0.174. The Morgan fingerprint density at radius 3 is 2.30 bits per heavy atom. The topological polar surface area (TPSA) is 118 Å². The zero-order chi connectivity index (χ0) is 33.0. The molecule has 3 N–H and O–H groups in total. The van der Waals surface area contributed by atoms with E-state index in [4.69, 9.17) is 9.47 Å². The van der Waals surface area contributed by atoms with E-state index in [-0.39, 0.29) is 46.1 Å². The maximum Gasteiger partial charge on any atom is 0.422 e. The number of amides is 1. The van der Waals surface area contributed by atoms with E-state index in [0.29, 0.717) is 0 Å². The van der Waals surface area contributed by atoms with E-state index >= 15 is 0 Å². The number of aliphatic hydroxyl groups excluding tert-OH is 1. The molecule has 8 nitrogen and oxygen atoms in total. The third kappa shape index (κ3) is 7.92. The summed E-state index contributed by atoms with van der Waals surface area (Å²) in [6.45, 7) is 7.36. The first-order valence-electron chi connectivity index (χ1n) is 13.8. The summed E-state index contributed by atoms with van der Waals surface area (Å²) in [6.07, 6.45) is -7.83. The lowest BCUT2D eigenvalue weighted by atomic mass is 9.85. The number of nitrogens with one attached hydrogen (secondary N) is 1. The van der Waals surface area contributed by atoms with Crippen molar-refractivity contribution in [2.75, 3.05) is 13.7 Å². The summed E-state index contributed by atoms with van der Waals surface area (Å²) in [5.74, 6) is -1.31. The zero-order valence-corrected chi connectivity index (χ0v) is 25.3. The molecule has 44 heavy (non-hydrogen) atoms. The van der Waals surface area contributed by atoms with Gasteiger partial charge in [0.25, 0.3) is 0 Å². The number of ketones is 1.